The Hall–Kier alpha value is -2.51. The number of nitrogens with one attached hydrogen (secondary N) is 2. The molecule has 1 aliphatic heterocycles. The van der Waals surface area contributed by atoms with Gasteiger partial charge in [-0.25, -0.2) is 0 Å². The largest absolute Gasteiger partial charge is 0.491 e. The summed E-state index contributed by atoms with van der Waals surface area (Å²) in [7, 11) is -1.01. The molecular weight excluding hydrogens is 391 g/mol. The van der Waals surface area contributed by atoms with Gasteiger partial charge in [0.1, 0.15) is 0 Å². The molecule has 0 radical (unpaired) electrons. The second-order valence-corrected chi connectivity index (χ2v) is 6.95. The van der Waals surface area contributed by atoms with Gasteiger partial charge in [0.25, 0.3) is 0 Å². The molecule has 0 aliphatic carbocycles. The maximum Gasteiger partial charge on any atom is 0.491 e. The molecule has 0 saturated heterocycles. The Bertz CT molecular complexity index is 759. The number of hydrogen-bond acceptors (Lipinski definition) is 8. The van der Waals surface area contributed by atoms with Crippen molar-refractivity contribution in [3.05, 3.63) is 23.8 Å². The first-order valence-corrected chi connectivity index (χ1v) is 9.79. The Labute approximate surface area is 175 Å². The summed E-state index contributed by atoms with van der Waals surface area (Å²) in [6.45, 7) is 1.47. The molecule has 11 nitrogen and oxygen atoms in total. The first-order valence-electron chi connectivity index (χ1n) is 9.79. The lowest BCUT2D eigenvalue weighted by Gasteiger charge is -2.22. The molecule has 0 fully saturated rings. The first kappa shape index (κ1) is 23.8. The SMILES string of the molecule is NCCN(CCN)C(=O)CCC(N)C(=O)NCC(=O)Nc1ccc2c(c1)B(O)OC2. The van der Waals surface area contributed by atoms with Crippen molar-refractivity contribution >= 4 is 36.0 Å². The molecule has 1 heterocycles. The van der Waals surface area contributed by atoms with Crippen LogP contribution in [0.5, 0.6) is 0 Å². The van der Waals surface area contributed by atoms with E-state index in [9.17, 15) is 19.4 Å². The lowest BCUT2D eigenvalue weighted by Crippen LogP contribution is -2.45. The van der Waals surface area contributed by atoms with E-state index in [1.54, 1.807) is 18.2 Å². The van der Waals surface area contributed by atoms with Gasteiger partial charge in [-0.1, -0.05) is 6.07 Å². The number of hydrogen-bond donors (Lipinski definition) is 6. The van der Waals surface area contributed by atoms with E-state index >= 15 is 0 Å². The number of anilines is 1. The van der Waals surface area contributed by atoms with E-state index in [4.69, 9.17) is 21.9 Å². The fourth-order valence-corrected chi connectivity index (χ4v) is 3.04. The quantitative estimate of drug-likeness (QED) is 0.202. The number of nitrogens with zero attached hydrogens (tertiary/aromatic N) is 1. The summed E-state index contributed by atoms with van der Waals surface area (Å²) in [5.74, 6) is -1.15. The molecule has 1 aromatic rings. The van der Waals surface area contributed by atoms with Crippen molar-refractivity contribution < 1.29 is 24.1 Å². The lowest BCUT2D eigenvalue weighted by atomic mass is 9.79. The summed E-state index contributed by atoms with van der Waals surface area (Å²) in [5.41, 5.74) is 18.7. The number of rotatable bonds is 11. The van der Waals surface area contributed by atoms with Gasteiger partial charge in [-0.2, -0.15) is 0 Å². The van der Waals surface area contributed by atoms with Crippen molar-refractivity contribution in [2.45, 2.75) is 25.5 Å². The third-order valence-electron chi connectivity index (χ3n) is 4.67. The van der Waals surface area contributed by atoms with Gasteiger partial charge in [0.05, 0.1) is 19.2 Å². The van der Waals surface area contributed by atoms with Crippen molar-refractivity contribution in [1.29, 1.82) is 0 Å². The molecule has 3 amide bonds. The highest BCUT2D eigenvalue weighted by molar-refractivity contribution is 6.61. The number of amides is 3. The van der Waals surface area contributed by atoms with Crippen LogP contribution in [0, 0.1) is 0 Å². The Kier molecular flexibility index (Phi) is 9.21. The molecule has 9 N–H and O–H groups in total. The normalized spacial score (nSPS) is 13.5. The van der Waals surface area contributed by atoms with E-state index in [1.165, 1.54) is 4.90 Å². The van der Waals surface area contributed by atoms with Gasteiger partial charge in [0.15, 0.2) is 0 Å². The smallest absolute Gasteiger partial charge is 0.423 e. The molecule has 1 unspecified atom stereocenters. The van der Waals surface area contributed by atoms with Gasteiger partial charge in [-0.15, -0.1) is 0 Å². The molecule has 2 rings (SSSR count). The van der Waals surface area contributed by atoms with Crippen LogP contribution in [0.25, 0.3) is 0 Å². The molecule has 1 aliphatic rings. The van der Waals surface area contributed by atoms with Crippen LogP contribution in [0.3, 0.4) is 0 Å². The second-order valence-electron chi connectivity index (χ2n) is 6.95. The van der Waals surface area contributed by atoms with E-state index in [-0.39, 0.29) is 25.3 Å². The predicted molar refractivity (Wildman–Crippen MR) is 112 cm³/mol. The predicted octanol–water partition coefficient (Wildman–Crippen LogP) is -3.19. The van der Waals surface area contributed by atoms with Crippen LogP contribution in [0.4, 0.5) is 5.69 Å². The Morgan fingerprint density at radius 3 is 2.60 bits per heavy atom. The fraction of sp³-hybridized carbons (Fsp3) is 0.500. The van der Waals surface area contributed by atoms with Crippen LogP contribution in [0.2, 0.25) is 0 Å². The second kappa shape index (κ2) is 11.6. The molecule has 0 bridgehead atoms. The highest BCUT2D eigenvalue weighted by Gasteiger charge is 2.27. The Morgan fingerprint density at radius 1 is 1.23 bits per heavy atom. The molecule has 0 saturated carbocycles. The van der Waals surface area contributed by atoms with E-state index < -0.39 is 25.0 Å². The minimum Gasteiger partial charge on any atom is -0.423 e. The van der Waals surface area contributed by atoms with E-state index in [1.807, 2.05) is 0 Å². The summed E-state index contributed by atoms with van der Waals surface area (Å²) in [5, 5.41) is 14.8. The van der Waals surface area contributed by atoms with Gasteiger partial charge in [0, 0.05) is 38.3 Å². The molecule has 0 spiro atoms. The molecular formula is C18H29BN6O5. The Morgan fingerprint density at radius 2 is 1.93 bits per heavy atom. The third kappa shape index (κ3) is 6.78. The number of carbonyl (C=O) groups is 3. The average Bonchev–Trinajstić information content (AvgIpc) is 3.10. The topological polar surface area (TPSA) is 186 Å². The van der Waals surface area contributed by atoms with E-state index in [0.717, 1.165) is 5.56 Å². The molecule has 12 heteroatoms. The van der Waals surface area contributed by atoms with Crippen LogP contribution in [-0.2, 0) is 25.6 Å². The van der Waals surface area contributed by atoms with Crippen molar-refractivity contribution in [2.75, 3.05) is 38.0 Å². The zero-order chi connectivity index (χ0) is 22.1. The lowest BCUT2D eigenvalue weighted by molar-refractivity contribution is -0.131. The maximum atomic E-state index is 12.2. The highest BCUT2D eigenvalue weighted by atomic mass is 16.5. The summed E-state index contributed by atoms with van der Waals surface area (Å²) in [4.78, 5) is 37.9. The van der Waals surface area contributed by atoms with Crippen LogP contribution in [0.15, 0.2) is 18.2 Å². The standard InChI is InChI=1S/C18H29BN6O5/c20-5-7-25(8-6-21)17(27)4-3-15(22)18(28)23-10-16(26)24-13-2-1-12-11-30-19(29)14(12)9-13/h1-2,9,15,29H,3-8,10-11,20-22H2,(H,23,28)(H,24,26). The highest BCUT2D eigenvalue weighted by Crippen LogP contribution is 2.14. The average molecular weight is 420 g/mol. The monoisotopic (exact) mass is 420 g/mol. The zero-order valence-corrected chi connectivity index (χ0v) is 16.8. The molecule has 0 aromatic heterocycles. The van der Waals surface area contributed by atoms with Gasteiger partial charge in [0.2, 0.25) is 17.7 Å². The van der Waals surface area contributed by atoms with Crippen LogP contribution >= 0.6 is 0 Å². The van der Waals surface area contributed by atoms with Gasteiger partial charge >= 0.3 is 7.12 Å². The van der Waals surface area contributed by atoms with E-state index in [0.29, 0.717) is 43.9 Å². The molecule has 1 atom stereocenters. The maximum absolute atomic E-state index is 12.2. The minimum atomic E-state index is -1.01. The van der Waals surface area contributed by atoms with Gasteiger partial charge in [-0.3, -0.25) is 14.4 Å². The van der Waals surface area contributed by atoms with Crippen LogP contribution in [0.1, 0.15) is 18.4 Å². The van der Waals surface area contributed by atoms with Crippen molar-refractivity contribution in [2.24, 2.45) is 17.2 Å². The first-order chi connectivity index (χ1) is 14.3. The summed E-state index contributed by atoms with van der Waals surface area (Å²) in [6.07, 6.45) is 0.223. The Balaban J connectivity index is 1.74. The summed E-state index contributed by atoms with van der Waals surface area (Å²) < 4.78 is 5.10. The number of carbonyl (C=O) groups excluding carboxylic acids is 3. The van der Waals surface area contributed by atoms with Crippen molar-refractivity contribution in [3.63, 3.8) is 0 Å². The number of nitrogens with two attached hydrogens (primary N) is 3. The number of fused-ring (bicyclic) bond motifs is 1. The summed E-state index contributed by atoms with van der Waals surface area (Å²) >= 11 is 0. The van der Waals surface area contributed by atoms with Crippen molar-refractivity contribution in [1.82, 2.24) is 10.2 Å². The zero-order valence-electron chi connectivity index (χ0n) is 16.8. The van der Waals surface area contributed by atoms with Crippen LogP contribution in [-0.4, -0.2) is 73.5 Å². The molecule has 164 valence electrons. The van der Waals surface area contributed by atoms with Crippen LogP contribution < -0.4 is 33.3 Å². The van der Waals surface area contributed by atoms with Gasteiger partial charge in [-0.05, 0) is 29.6 Å². The molecule has 1 aromatic carbocycles. The summed E-state index contributed by atoms with van der Waals surface area (Å²) in [6, 6.07) is 4.14. The minimum absolute atomic E-state index is 0.0836. The molecule has 30 heavy (non-hydrogen) atoms. The fourth-order valence-electron chi connectivity index (χ4n) is 3.04. The number of benzene rings is 1. The third-order valence-corrected chi connectivity index (χ3v) is 4.67. The van der Waals surface area contributed by atoms with E-state index in [2.05, 4.69) is 10.6 Å². The van der Waals surface area contributed by atoms with Crippen molar-refractivity contribution in [3.8, 4) is 0 Å². The van der Waals surface area contributed by atoms with Gasteiger partial charge < -0.3 is 42.4 Å².